The number of carbonyl (C=O) groups excluding carboxylic acids is 1. The van der Waals surface area contributed by atoms with Crippen LogP contribution in [0.15, 0.2) is 0 Å². The minimum atomic E-state index is 0.348. The fourth-order valence-corrected chi connectivity index (χ4v) is 2.58. The van der Waals surface area contributed by atoms with Crippen LogP contribution in [0.5, 0.6) is 0 Å². The Bertz CT molecular complexity index is 183. The SMILES string of the molecule is CC(C)(C)[C@@H]1CCCC[C@@H]1NC[C]=O. The van der Waals surface area contributed by atoms with Gasteiger partial charge in [0.2, 0.25) is 6.29 Å². The summed E-state index contributed by atoms with van der Waals surface area (Å²) in [4.78, 5) is 10.2. The van der Waals surface area contributed by atoms with Gasteiger partial charge < -0.3 is 5.32 Å². The van der Waals surface area contributed by atoms with Crippen LogP contribution in [0.3, 0.4) is 0 Å². The van der Waals surface area contributed by atoms with E-state index in [1.807, 2.05) is 6.29 Å². The summed E-state index contributed by atoms with van der Waals surface area (Å²) in [6, 6.07) is 0.519. The van der Waals surface area contributed by atoms with E-state index in [1.54, 1.807) is 0 Å². The molecule has 2 nitrogen and oxygen atoms in total. The molecule has 0 heterocycles. The number of hydrogen-bond donors (Lipinski definition) is 1. The standard InChI is InChI=1S/C12H22NO/c1-12(2,3)10-6-4-5-7-11(10)13-8-9-14/h10-11,13H,4-8H2,1-3H3/t10-,11+/m1/s1. The van der Waals surface area contributed by atoms with Crippen LogP contribution < -0.4 is 5.32 Å². The lowest BCUT2D eigenvalue weighted by Crippen LogP contribution is -2.44. The van der Waals surface area contributed by atoms with E-state index in [1.165, 1.54) is 25.7 Å². The topological polar surface area (TPSA) is 29.1 Å². The smallest absolute Gasteiger partial charge is 0.213 e. The zero-order valence-electron chi connectivity index (χ0n) is 9.60. The van der Waals surface area contributed by atoms with Crippen LogP contribution in [-0.2, 0) is 4.79 Å². The highest BCUT2D eigenvalue weighted by Crippen LogP contribution is 2.37. The Balaban J connectivity index is 2.54. The van der Waals surface area contributed by atoms with Crippen molar-refractivity contribution in [2.24, 2.45) is 11.3 Å². The Morgan fingerprint density at radius 3 is 2.50 bits per heavy atom. The monoisotopic (exact) mass is 196 g/mol. The number of nitrogens with one attached hydrogen (secondary N) is 1. The van der Waals surface area contributed by atoms with E-state index in [4.69, 9.17) is 0 Å². The van der Waals surface area contributed by atoms with Crippen molar-refractivity contribution >= 4 is 6.29 Å². The maximum atomic E-state index is 10.2. The summed E-state index contributed by atoms with van der Waals surface area (Å²) < 4.78 is 0. The van der Waals surface area contributed by atoms with Gasteiger partial charge in [0, 0.05) is 6.04 Å². The van der Waals surface area contributed by atoms with Crippen molar-refractivity contribution in [3.8, 4) is 0 Å². The van der Waals surface area contributed by atoms with Gasteiger partial charge in [0.1, 0.15) is 0 Å². The molecule has 1 N–H and O–H groups in total. The van der Waals surface area contributed by atoms with Gasteiger partial charge in [-0.25, -0.2) is 0 Å². The Hall–Kier alpha value is -0.370. The van der Waals surface area contributed by atoms with Gasteiger partial charge in [-0.15, -0.1) is 0 Å². The van der Waals surface area contributed by atoms with Crippen molar-refractivity contribution in [3.63, 3.8) is 0 Å². The lowest BCUT2D eigenvalue weighted by atomic mass is 9.69. The molecule has 1 radical (unpaired) electrons. The first-order valence-corrected chi connectivity index (χ1v) is 5.64. The molecule has 2 atom stereocenters. The summed E-state index contributed by atoms with van der Waals surface area (Å²) in [6.45, 7) is 7.27. The van der Waals surface area contributed by atoms with Gasteiger partial charge in [-0.1, -0.05) is 33.6 Å². The van der Waals surface area contributed by atoms with E-state index in [0.717, 1.165) is 0 Å². The first-order valence-electron chi connectivity index (χ1n) is 5.64. The Kier molecular flexibility index (Phi) is 4.11. The van der Waals surface area contributed by atoms with Crippen molar-refractivity contribution in [3.05, 3.63) is 0 Å². The minimum Gasteiger partial charge on any atom is -0.307 e. The van der Waals surface area contributed by atoms with Crippen LogP contribution in [-0.4, -0.2) is 18.9 Å². The predicted octanol–water partition coefficient (Wildman–Crippen LogP) is 2.29. The quantitative estimate of drug-likeness (QED) is 0.750. The van der Waals surface area contributed by atoms with Gasteiger partial charge in [0.15, 0.2) is 0 Å². The lowest BCUT2D eigenvalue weighted by Gasteiger charge is -2.40. The van der Waals surface area contributed by atoms with E-state index in [9.17, 15) is 4.79 Å². The largest absolute Gasteiger partial charge is 0.307 e. The third kappa shape index (κ3) is 3.09. The Labute approximate surface area is 87.5 Å². The average Bonchev–Trinajstić information content (AvgIpc) is 2.14. The second-order valence-corrected chi connectivity index (χ2v) is 5.39. The Morgan fingerprint density at radius 2 is 1.93 bits per heavy atom. The molecule has 14 heavy (non-hydrogen) atoms. The molecule has 1 aliphatic rings. The van der Waals surface area contributed by atoms with E-state index < -0.39 is 0 Å². The van der Waals surface area contributed by atoms with Crippen molar-refractivity contribution < 1.29 is 4.79 Å². The maximum Gasteiger partial charge on any atom is 0.213 e. The summed E-state index contributed by atoms with van der Waals surface area (Å²) in [5.74, 6) is 0.699. The van der Waals surface area contributed by atoms with Gasteiger partial charge in [-0.3, -0.25) is 4.79 Å². The van der Waals surface area contributed by atoms with Gasteiger partial charge in [0.25, 0.3) is 0 Å². The summed E-state index contributed by atoms with van der Waals surface area (Å²) in [7, 11) is 0. The van der Waals surface area contributed by atoms with Crippen molar-refractivity contribution in [1.82, 2.24) is 5.32 Å². The van der Waals surface area contributed by atoms with Crippen LogP contribution >= 0.6 is 0 Å². The predicted molar refractivity (Wildman–Crippen MR) is 58.9 cm³/mol. The lowest BCUT2D eigenvalue weighted by molar-refractivity contribution is 0.134. The first kappa shape index (κ1) is 11.7. The highest BCUT2D eigenvalue weighted by atomic mass is 16.1. The van der Waals surface area contributed by atoms with Gasteiger partial charge in [-0.05, 0) is 24.2 Å². The van der Waals surface area contributed by atoms with E-state index in [2.05, 4.69) is 26.1 Å². The van der Waals surface area contributed by atoms with E-state index >= 15 is 0 Å². The average molecular weight is 196 g/mol. The molecule has 0 saturated heterocycles. The van der Waals surface area contributed by atoms with E-state index in [0.29, 0.717) is 23.9 Å². The highest BCUT2D eigenvalue weighted by molar-refractivity contribution is 5.52. The second kappa shape index (κ2) is 4.92. The molecule has 81 valence electrons. The van der Waals surface area contributed by atoms with Crippen LogP contribution in [0, 0.1) is 11.3 Å². The second-order valence-electron chi connectivity index (χ2n) is 5.39. The van der Waals surface area contributed by atoms with Crippen LogP contribution in [0.1, 0.15) is 46.5 Å². The molecule has 0 aromatic carbocycles. The molecule has 0 amide bonds. The summed E-state index contributed by atoms with van der Waals surface area (Å²) in [6.07, 6.45) is 7.06. The molecule has 0 aromatic heterocycles. The zero-order chi connectivity index (χ0) is 10.6. The van der Waals surface area contributed by atoms with Gasteiger partial charge in [-0.2, -0.15) is 0 Å². The number of hydrogen-bond acceptors (Lipinski definition) is 2. The molecule has 0 aliphatic heterocycles. The normalized spacial score (nSPS) is 28.8. The molecule has 0 bridgehead atoms. The number of rotatable bonds is 3. The fraction of sp³-hybridized carbons (Fsp3) is 0.917. The van der Waals surface area contributed by atoms with Crippen LogP contribution in [0.4, 0.5) is 0 Å². The van der Waals surface area contributed by atoms with Crippen LogP contribution in [0.2, 0.25) is 0 Å². The zero-order valence-corrected chi connectivity index (χ0v) is 9.60. The molecular formula is C12H22NO. The molecular weight excluding hydrogens is 174 g/mol. The fourth-order valence-electron chi connectivity index (χ4n) is 2.58. The highest BCUT2D eigenvalue weighted by Gasteiger charge is 2.33. The molecule has 1 rings (SSSR count). The van der Waals surface area contributed by atoms with E-state index in [-0.39, 0.29) is 0 Å². The summed E-state index contributed by atoms with van der Waals surface area (Å²) in [5, 5.41) is 3.30. The molecule has 1 aliphatic carbocycles. The summed E-state index contributed by atoms with van der Waals surface area (Å²) in [5.41, 5.74) is 0.348. The van der Waals surface area contributed by atoms with Crippen LogP contribution in [0.25, 0.3) is 0 Å². The third-order valence-corrected chi connectivity index (χ3v) is 3.31. The van der Waals surface area contributed by atoms with Crippen molar-refractivity contribution in [1.29, 1.82) is 0 Å². The first-order chi connectivity index (χ1) is 6.55. The molecule has 1 saturated carbocycles. The summed E-state index contributed by atoms with van der Waals surface area (Å²) >= 11 is 0. The molecule has 0 unspecified atom stereocenters. The Morgan fingerprint density at radius 1 is 1.29 bits per heavy atom. The molecule has 2 heteroatoms. The molecule has 1 fully saturated rings. The molecule has 0 aromatic rings. The van der Waals surface area contributed by atoms with Crippen molar-refractivity contribution in [2.45, 2.75) is 52.5 Å². The van der Waals surface area contributed by atoms with Gasteiger partial charge >= 0.3 is 0 Å². The minimum absolute atomic E-state index is 0.348. The molecule has 0 spiro atoms. The third-order valence-electron chi connectivity index (χ3n) is 3.31. The van der Waals surface area contributed by atoms with Gasteiger partial charge in [0.05, 0.1) is 6.54 Å². The van der Waals surface area contributed by atoms with Crippen molar-refractivity contribution in [2.75, 3.05) is 6.54 Å². The maximum absolute atomic E-state index is 10.2.